The van der Waals surface area contributed by atoms with Crippen molar-refractivity contribution in [2.45, 2.75) is 64.8 Å². The van der Waals surface area contributed by atoms with Crippen molar-refractivity contribution in [1.29, 1.82) is 0 Å². The van der Waals surface area contributed by atoms with Crippen molar-refractivity contribution < 1.29 is 0 Å². The molecule has 106 valence electrons. The van der Waals surface area contributed by atoms with Crippen molar-refractivity contribution in [3.05, 3.63) is 11.9 Å². The summed E-state index contributed by atoms with van der Waals surface area (Å²) in [5.41, 5.74) is 5.86. The Kier molecular flexibility index (Phi) is 4.61. The molecule has 1 saturated carbocycles. The molecular weight excluding hydrogens is 236 g/mol. The minimum absolute atomic E-state index is 0.304. The van der Waals surface area contributed by atoms with Gasteiger partial charge in [-0.1, -0.05) is 40.0 Å². The highest BCUT2D eigenvalue weighted by Crippen LogP contribution is 2.28. The van der Waals surface area contributed by atoms with Crippen molar-refractivity contribution in [1.82, 2.24) is 9.97 Å². The predicted molar refractivity (Wildman–Crippen MR) is 80.2 cm³/mol. The van der Waals surface area contributed by atoms with E-state index >= 15 is 0 Å². The summed E-state index contributed by atoms with van der Waals surface area (Å²) in [6, 6.07) is 2.38. The smallest absolute Gasteiger partial charge is 0.135 e. The SMILES string of the molecule is CCC1CCCC(Nc2cc(N)nc(C(C)C)n2)C1. The minimum atomic E-state index is 0.304. The number of nitrogens with two attached hydrogens (primary N) is 1. The number of nitrogen functional groups attached to an aromatic ring is 1. The minimum Gasteiger partial charge on any atom is -0.384 e. The van der Waals surface area contributed by atoms with Gasteiger partial charge in [0.15, 0.2) is 0 Å². The van der Waals surface area contributed by atoms with Gasteiger partial charge in [-0.25, -0.2) is 9.97 Å². The zero-order valence-corrected chi connectivity index (χ0v) is 12.3. The largest absolute Gasteiger partial charge is 0.384 e. The molecule has 0 spiro atoms. The Balaban J connectivity index is 2.06. The first-order valence-corrected chi connectivity index (χ1v) is 7.49. The van der Waals surface area contributed by atoms with Crippen LogP contribution in [0.4, 0.5) is 11.6 Å². The molecule has 1 aromatic rings. The van der Waals surface area contributed by atoms with E-state index in [0.29, 0.717) is 17.8 Å². The average Bonchev–Trinajstić information content (AvgIpc) is 2.38. The molecule has 4 nitrogen and oxygen atoms in total. The van der Waals surface area contributed by atoms with Gasteiger partial charge in [0.1, 0.15) is 17.5 Å². The molecule has 0 radical (unpaired) electrons. The Hall–Kier alpha value is -1.32. The zero-order valence-electron chi connectivity index (χ0n) is 12.3. The molecule has 19 heavy (non-hydrogen) atoms. The summed E-state index contributed by atoms with van der Waals surface area (Å²) in [7, 11) is 0. The molecule has 4 heteroatoms. The third kappa shape index (κ3) is 3.82. The Morgan fingerprint density at radius 1 is 1.37 bits per heavy atom. The van der Waals surface area contributed by atoms with Crippen LogP contribution >= 0.6 is 0 Å². The summed E-state index contributed by atoms with van der Waals surface area (Å²) >= 11 is 0. The monoisotopic (exact) mass is 262 g/mol. The van der Waals surface area contributed by atoms with Crippen LogP contribution in [0.25, 0.3) is 0 Å². The number of nitrogens with one attached hydrogen (secondary N) is 1. The van der Waals surface area contributed by atoms with Gasteiger partial charge in [-0.15, -0.1) is 0 Å². The van der Waals surface area contributed by atoms with E-state index < -0.39 is 0 Å². The van der Waals surface area contributed by atoms with Crippen molar-refractivity contribution in [2.75, 3.05) is 11.1 Å². The van der Waals surface area contributed by atoms with E-state index in [4.69, 9.17) is 5.73 Å². The molecule has 1 aliphatic carbocycles. The molecule has 2 rings (SSSR count). The molecule has 0 saturated heterocycles. The molecule has 2 atom stereocenters. The second kappa shape index (κ2) is 6.22. The van der Waals surface area contributed by atoms with Crippen LogP contribution in [0.5, 0.6) is 0 Å². The lowest BCUT2D eigenvalue weighted by Gasteiger charge is -2.29. The molecule has 0 aromatic carbocycles. The number of rotatable bonds is 4. The van der Waals surface area contributed by atoms with Gasteiger partial charge in [-0.05, 0) is 18.8 Å². The number of anilines is 2. The van der Waals surface area contributed by atoms with Gasteiger partial charge in [0.2, 0.25) is 0 Å². The lowest BCUT2D eigenvalue weighted by atomic mass is 9.84. The molecule has 1 fully saturated rings. The molecule has 2 unspecified atom stereocenters. The average molecular weight is 262 g/mol. The first-order valence-electron chi connectivity index (χ1n) is 7.49. The lowest BCUT2D eigenvalue weighted by Crippen LogP contribution is -2.27. The zero-order chi connectivity index (χ0) is 13.8. The van der Waals surface area contributed by atoms with Gasteiger partial charge in [0.25, 0.3) is 0 Å². The normalized spacial score (nSPS) is 23.6. The summed E-state index contributed by atoms with van der Waals surface area (Å²) in [5.74, 6) is 3.43. The highest BCUT2D eigenvalue weighted by Gasteiger charge is 2.21. The lowest BCUT2D eigenvalue weighted by molar-refractivity contribution is 0.327. The van der Waals surface area contributed by atoms with E-state index in [1.165, 1.54) is 32.1 Å². The van der Waals surface area contributed by atoms with Crippen LogP contribution in [0, 0.1) is 5.92 Å². The van der Waals surface area contributed by atoms with E-state index in [1.54, 1.807) is 0 Å². The Morgan fingerprint density at radius 3 is 2.84 bits per heavy atom. The number of hydrogen-bond donors (Lipinski definition) is 2. The van der Waals surface area contributed by atoms with Crippen LogP contribution in [0.1, 0.15) is 64.6 Å². The molecule has 0 bridgehead atoms. The molecule has 0 aliphatic heterocycles. The summed E-state index contributed by atoms with van der Waals surface area (Å²) in [5, 5.41) is 3.55. The van der Waals surface area contributed by atoms with E-state index in [9.17, 15) is 0 Å². The van der Waals surface area contributed by atoms with Gasteiger partial charge in [-0.2, -0.15) is 0 Å². The van der Waals surface area contributed by atoms with Gasteiger partial charge in [0.05, 0.1) is 0 Å². The molecule has 1 aromatic heterocycles. The molecule has 1 heterocycles. The molecule has 0 amide bonds. The van der Waals surface area contributed by atoms with E-state index in [1.807, 2.05) is 6.07 Å². The van der Waals surface area contributed by atoms with Crippen LogP contribution < -0.4 is 11.1 Å². The fourth-order valence-electron chi connectivity index (χ4n) is 2.82. The Morgan fingerprint density at radius 2 is 2.16 bits per heavy atom. The van der Waals surface area contributed by atoms with Gasteiger partial charge in [0, 0.05) is 18.0 Å². The quantitative estimate of drug-likeness (QED) is 0.870. The van der Waals surface area contributed by atoms with Crippen LogP contribution in [0.3, 0.4) is 0 Å². The van der Waals surface area contributed by atoms with E-state index in [-0.39, 0.29) is 0 Å². The van der Waals surface area contributed by atoms with Crippen molar-refractivity contribution in [3.8, 4) is 0 Å². The third-order valence-electron chi connectivity index (χ3n) is 3.99. The second-order valence-electron chi connectivity index (χ2n) is 5.97. The van der Waals surface area contributed by atoms with Crippen molar-refractivity contribution in [2.24, 2.45) is 5.92 Å². The van der Waals surface area contributed by atoms with Gasteiger partial charge >= 0.3 is 0 Å². The first kappa shape index (κ1) is 14.1. The Bertz CT molecular complexity index is 417. The molecular formula is C15H26N4. The maximum atomic E-state index is 5.86. The van der Waals surface area contributed by atoms with Crippen LogP contribution in [-0.2, 0) is 0 Å². The van der Waals surface area contributed by atoms with Crippen molar-refractivity contribution in [3.63, 3.8) is 0 Å². The van der Waals surface area contributed by atoms with Crippen molar-refractivity contribution >= 4 is 11.6 Å². The summed E-state index contributed by atoms with van der Waals surface area (Å²) in [6.45, 7) is 6.46. The number of nitrogens with zero attached hydrogens (tertiary/aromatic N) is 2. The standard InChI is InChI=1S/C15H26N4/c1-4-11-6-5-7-12(8-11)17-14-9-13(16)18-15(19-14)10(2)3/h9-12H,4-8H2,1-3H3,(H3,16,17,18,19). The summed E-state index contributed by atoms with van der Waals surface area (Å²) in [6.07, 6.45) is 6.45. The number of aromatic nitrogens is 2. The number of hydrogen-bond acceptors (Lipinski definition) is 4. The predicted octanol–water partition coefficient (Wildman–Crippen LogP) is 3.56. The van der Waals surface area contributed by atoms with Crippen LogP contribution in [0.2, 0.25) is 0 Å². The fourth-order valence-corrected chi connectivity index (χ4v) is 2.82. The fraction of sp³-hybridized carbons (Fsp3) is 0.733. The highest BCUT2D eigenvalue weighted by atomic mass is 15.1. The summed E-state index contributed by atoms with van der Waals surface area (Å²) < 4.78 is 0. The van der Waals surface area contributed by atoms with Crippen LogP contribution in [-0.4, -0.2) is 16.0 Å². The second-order valence-corrected chi connectivity index (χ2v) is 5.97. The maximum absolute atomic E-state index is 5.86. The summed E-state index contributed by atoms with van der Waals surface area (Å²) in [4.78, 5) is 8.86. The van der Waals surface area contributed by atoms with E-state index in [2.05, 4.69) is 36.1 Å². The molecule has 1 aliphatic rings. The van der Waals surface area contributed by atoms with Gasteiger partial charge < -0.3 is 11.1 Å². The molecule has 3 N–H and O–H groups in total. The topological polar surface area (TPSA) is 63.8 Å². The third-order valence-corrected chi connectivity index (χ3v) is 3.99. The highest BCUT2D eigenvalue weighted by molar-refractivity contribution is 5.45. The van der Waals surface area contributed by atoms with E-state index in [0.717, 1.165) is 17.6 Å². The maximum Gasteiger partial charge on any atom is 0.135 e. The van der Waals surface area contributed by atoms with Gasteiger partial charge in [-0.3, -0.25) is 0 Å². The Labute approximate surface area is 116 Å². The van der Waals surface area contributed by atoms with Crippen LogP contribution in [0.15, 0.2) is 6.07 Å². The first-order chi connectivity index (χ1) is 9.08.